The number of β-lactam (4-membered cyclic amide) rings is 1. The molecule has 2 heterocycles. The van der Waals surface area contributed by atoms with Crippen molar-refractivity contribution in [3.63, 3.8) is 0 Å². The molecular formula is C10H12N2O2S2. The van der Waals surface area contributed by atoms with E-state index in [0.717, 1.165) is 4.88 Å². The summed E-state index contributed by atoms with van der Waals surface area (Å²) in [5.41, 5.74) is 0. The first kappa shape index (κ1) is 11.5. The Kier molecular flexibility index (Phi) is 3.50. The van der Waals surface area contributed by atoms with E-state index < -0.39 is 6.04 Å². The lowest BCUT2D eigenvalue weighted by atomic mass is 10.0. The fourth-order valence-electron chi connectivity index (χ4n) is 1.56. The van der Waals surface area contributed by atoms with Crippen LogP contribution in [0.15, 0.2) is 17.5 Å². The Morgan fingerprint density at radius 3 is 3.00 bits per heavy atom. The molecule has 1 fully saturated rings. The van der Waals surface area contributed by atoms with Crippen LogP contribution in [0.4, 0.5) is 0 Å². The molecule has 0 aromatic carbocycles. The zero-order valence-corrected chi connectivity index (χ0v) is 10.2. The molecule has 16 heavy (non-hydrogen) atoms. The Morgan fingerprint density at radius 2 is 2.44 bits per heavy atom. The Morgan fingerprint density at radius 1 is 1.62 bits per heavy atom. The molecule has 2 amide bonds. The third-order valence-corrected chi connectivity index (χ3v) is 3.71. The minimum Gasteiger partial charge on any atom is -0.348 e. The van der Waals surface area contributed by atoms with Crippen molar-refractivity contribution >= 4 is 35.8 Å². The molecule has 2 N–H and O–H groups in total. The van der Waals surface area contributed by atoms with Crippen LogP contribution in [0.5, 0.6) is 0 Å². The summed E-state index contributed by atoms with van der Waals surface area (Å²) in [6.45, 7) is 0. The Bertz CT molecular complexity index is 392. The molecule has 1 saturated heterocycles. The fourth-order valence-corrected chi connectivity index (χ4v) is 2.56. The van der Waals surface area contributed by atoms with Crippen LogP contribution in [0.1, 0.15) is 4.88 Å². The van der Waals surface area contributed by atoms with Gasteiger partial charge in [0.1, 0.15) is 6.04 Å². The lowest BCUT2D eigenvalue weighted by Crippen LogP contribution is -2.70. The van der Waals surface area contributed by atoms with Crippen molar-refractivity contribution in [2.75, 3.05) is 5.75 Å². The van der Waals surface area contributed by atoms with Crippen LogP contribution in [-0.4, -0.2) is 29.7 Å². The topological polar surface area (TPSA) is 58.2 Å². The molecule has 1 aromatic rings. The summed E-state index contributed by atoms with van der Waals surface area (Å²) in [5, 5.41) is 7.32. The van der Waals surface area contributed by atoms with Crippen LogP contribution in [0, 0.1) is 0 Å². The van der Waals surface area contributed by atoms with Gasteiger partial charge in [0.2, 0.25) is 11.8 Å². The molecule has 0 spiro atoms. The van der Waals surface area contributed by atoms with E-state index in [4.69, 9.17) is 0 Å². The highest BCUT2D eigenvalue weighted by atomic mass is 32.1. The third-order valence-electron chi connectivity index (χ3n) is 2.44. The number of hydrogen-bond acceptors (Lipinski definition) is 4. The van der Waals surface area contributed by atoms with Gasteiger partial charge < -0.3 is 10.6 Å². The maximum atomic E-state index is 11.6. The maximum absolute atomic E-state index is 11.6. The van der Waals surface area contributed by atoms with E-state index in [0.29, 0.717) is 12.2 Å². The van der Waals surface area contributed by atoms with E-state index in [1.54, 1.807) is 0 Å². The standard InChI is InChI=1S/C10H12N2O2S2/c13-8(4-6-2-1-3-16-6)12-9-7(5-15)11-10(9)14/h1-3,7,9,15H,4-5H2,(H,11,14)(H,12,13)/t7-,9+/m0/s1. The van der Waals surface area contributed by atoms with E-state index in [1.807, 2.05) is 17.5 Å². The molecule has 1 aromatic heterocycles. The number of amides is 2. The SMILES string of the molecule is O=C(Cc1cccs1)N[C@H]1C(=O)N[C@H]1CS. The summed E-state index contributed by atoms with van der Waals surface area (Å²) in [4.78, 5) is 23.8. The molecule has 4 nitrogen and oxygen atoms in total. The van der Waals surface area contributed by atoms with Crippen LogP contribution in [0.3, 0.4) is 0 Å². The lowest BCUT2D eigenvalue weighted by Gasteiger charge is -2.36. The van der Waals surface area contributed by atoms with Crippen molar-refractivity contribution in [2.24, 2.45) is 0 Å². The summed E-state index contributed by atoms with van der Waals surface area (Å²) >= 11 is 5.63. The quantitative estimate of drug-likeness (QED) is 0.532. The summed E-state index contributed by atoms with van der Waals surface area (Å²) in [7, 11) is 0. The third kappa shape index (κ3) is 2.38. The molecular weight excluding hydrogens is 244 g/mol. The van der Waals surface area contributed by atoms with Gasteiger partial charge in [-0.3, -0.25) is 9.59 Å². The zero-order valence-electron chi connectivity index (χ0n) is 8.47. The summed E-state index contributed by atoms with van der Waals surface area (Å²) < 4.78 is 0. The number of carbonyl (C=O) groups excluding carboxylic acids is 2. The molecule has 6 heteroatoms. The Hall–Kier alpha value is -1.01. The van der Waals surface area contributed by atoms with Crippen molar-refractivity contribution in [3.05, 3.63) is 22.4 Å². The highest BCUT2D eigenvalue weighted by Gasteiger charge is 2.39. The first-order valence-electron chi connectivity index (χ1n) is 4.93. The Labute approximate surface area is 103 Å². The van der Waals surface area contributed by atoms with Crippen LogP contribution in [0.2, 0.25) is 0 Å². The normalized spacial score (nSPS) is 23.4. The van der Waals surface area contributed by atoms with Gasteiger partial charge in [-0.1, -0.05) is 6.07 Å². The second-order valence-electron chi connectivity index (χ2n) is 3.60. The number of carbonyl (C=O) groups is 2. The zero-order chi connectivity index (χ0) is 11.5. The van der Waals surface area contributed by atoms with Gasteiger partial charge in [0.05, 0.1) is 12.5 Å². The van der Waals surface area contributed by atoms with Crippen molar-refractivity contribution in [1.29, 1.82) is 0 Å². The maximum Gasteiger partial charge on any atom is 0.245 e. The number of thiophene rings is 1. The van der Waals surface area contributed by atoms with Crippen LogP contribution in [-0.2, 0) is 16.0 Å². The first-order chi connectivity index (χ1) is 7.70. The molecule has 1 aliphatic heterocycles. The van der Waals surface area contributed by atoms with Gasteiger partial charge >= 0.3 is 0 Å². The number of rotatable bonds is 4. The minimum absolute atomic E-state index is 0.0388. The van der Waals surface area contributed by atoms with Gasteiger partial charge in [0, 0.05) is 10.6 Å². The summed E-state index contributed by atoms with van der Waals surface area (Å²) in [6.07, 6.45) is 0.334. The Balaban J connectivity index is 1.85. The minimum atomic E-state index is -0.412. The monoisotopic (exact) mass is 256 g/mol. The van der Waals surface area contributed by atoms with Crippen LogP contribution in [0.25, 0.3) is 0 Å². The summed E-state index contributed by atoms with van der Waals surface area (Å²) in [6, 6.07) is 3.36. The average Bonchev–Trinajstić information content (AvgIpc) is 2.75. The van der Waals surface area contributed by atoms with Gasteiger partial charge in [0.15, 0.2) is 0 Å². The molecule has 0 radical (unpaired) electrons. The average molecular weight is 256 g/mol. The van der Waals surface area contributed by atoms with Crippen molar-refractivity contribution < 1.29 is 9.59 Å². The second-order valence-corrected chi connectivity index (χ2v) is 5.00. The van der Waals surface area contributed by atoms with E-state index in [2.05, 4.69) is 23.3 Å². The highest BCUT2D eigenvalue weighted by Crippen LogP contribution is 2.11. The second kappa shape index (κ2) is 4.88. The molecule has 1 aliphatic rings. The van der Waals surface area contributed by atoms with Gasteiger partial charge in [-0.25, -0.2) is 0 Å². The summed E-state index contributed by atoms with van der Waals surface area (Å²) in [5.74, 6) is 0.294. The van der Waals surface area contributed by atoms with Crippen molar-refractivity contribution in [1.82, 2.24) is 10.6 Å². The van der Waals surface area contributed by atoms with E-state index in [9.17, 15) is 9.59 Å². The molecule has 0 saturated carbocycles. The van der Waals surface area contributed by atoms with Crippen LogP contribution < -0.4 is 10.6 Å². The van der Waals surface area contributed by atoms with Gasteiger partial charge in [-0.2, -0.15) is 12.6 Å². The predicted octanol–water partition coefficient (Wildman–Crippen LogP) is 0.204. The predicted molar refractivity (Wildman–Crippen MR) is 65.7 cm³/mol. The molecule has 86 valence electrons. The molecule has 2 atom stereocenters. The van der Waals surface area contributed by atoms with Crippen molar-refractivity contribution in [2.45, 2.75) is 18.5 Å². The first-order valence-corrected chi connectivity index (χ1v) is 6.45. The molecule has 0 unspecified atom stereocenters. The number of nitrogens with one attached hydrogen (secondary N) is 2. The molecule has 0 aliphatic carbocycles. The number of hydrogen-bond donors (Lipinski definition) is 3. The van der Waals surface area contributed by atoms with E-state index >= 15 is 0 Å². The molecule has 0 bridgehead atoms. The van der Waals surface area contributed by atoms with Gasteiger partial charge in [-0.05, 0) is 11.4 Å². The highest BCUT2D eigenvalue weighted by molar-refractivity contribution is 7.80. The van der Waals surface area contributed by atoms with E-state index in [-0.39, 0.29) is 17.9 Å². The van der Waals surface area contributed by atoms with E-state index in [1.165, 1.54) is 11.3 Å². The number of thiol groups is 1. The van der Waals surface area contributed by atoms with Gasteiger partial charge in [0.25, 0.3) is 0 Å². The molecule has 2 rings (SSSR count). The van der Waals surface area contributed by atoms with Crippen molar-refractivity contribution in [3.8, 4) is 0 Å². The lowest BCUT2D eigenvalue weighted by molar-refractivity contribution is -0.135. The smallest absolute Gasteiger partial charge is 0.245 e. The largest absolute Gasteiger partial charge is 0.348 e. The van der Waals surface area contributed by atoms with Crippen LogP contribution >= 0.6 is 24.0 Å². The fraction of sp³-hybridized carbons (Fsp3) is 0.400. The van der Waals surface area contributed by atoms with Gasteiger partial charge in [-0.15, -0.1) is 11.3 Å².